The van der Waals surface area contributed by atoms with Gasteiger partial charge in [-0.25, -0.2) is 0 Å². The lowest BCUT2D eigenvalue weighted by Crippen LogP contribution is -1.94. The Morgan fingerprint density at radius 1 is 0.378 bits per heavy atom. The van der Waals surface area contributed by atoms with Gasteiger partial charge in [-0.2, -0.15) is 0 Å². The Morgan fingerprint density at radius 3 is 1.87 bits per heavy atom. The van der Waals surface area contributed by atoms with Gasteiger partial charge in [0.2, 0.25) is 0 Å². The van der Waals surface area contributed by atoms with Crippen LogP contribution in [-0.2, 0) is 0 Å². The molecule has 3 heteroatoms. The quantitative estimate of drug-likeness (QED) is 0.210. The van der Waals surface area contributed by atoms with Crippen LogP contribution in [0.3, 0.4) is 0 Å². The molecule has 3 heterocycles. The van der Waals surface area contributed by atoms with Gasteiger partial charge in [-0.05, 0) is 47.5 Å². The van der Waals surface area contributed by atoms with Gasteiger partial charge in [-0.3, -0.25) is 0 Å². The smallest absolute Gasteiger partial charge is 0.143 e. The van der Waals surface area contributed by atoms with Crippen molar-refractivity contribution in [3.63, 3.8) is 0 Å². The summed E-state index contributed by atoms with van der Waals surface area (Å²) in [6.45, 7) is 0. The van der Waals surface area contributed by atoms with E-state index in [2.05, 4.69) is 144 Å². The number of rotatable bonds is 3. The van der Waals surface area contributed by atoms with Gasteiger partial charge in [0.1, 0.15) is 22.3 Å². The largest absolute Gasteiger partial charge is 0.455 e. The zero-order chi connectivity index (χ0) is 29.5. The number of hydrogen-bond donors (Lipinski definition) is 0. The molecule has 0 atom stereocenters. The van der Waals surface area contributed by atoms with Crippen molar-refractivity contribution in [3.05, 3.63) is 152 Å². The number of nitrogens with zero attached hydrogens (tertiary/aromatic N) is 1. The molecule has 0 amide bonds. The molecule has 3 aromatic heterocycles. The second kappa shape index (κ2) is 9.22. The summed E-state index contributed by atoms with van der Waals surface area (Å²) in [6, 6.07) is 53.5. The van der Waals surface area contributed by atoms with Crippen LogP contribution in [0.15, 0.2) is 160 Å². The molecular formula is C42H25NO2. The van der Waals surface area contributed by atoms with Crippen LogP contribution in [0.4, 0.5) is 0 Å². The first kappa shape index (κ1) is 24.4. The average Bonchev–Trinajstić information content (AvgIpc) is 3.78. The lowest BCUT2D eigenvalue weighted by atomic mass is 9.99. The van der Waals surface area contributed by atoms with Gasteiger partial charge in [-0.1, -0.05) is 115 Å². The van der Waals surface area contributed by atoms with Gasteiger partial charge in [0.25, 0.3) is 0 Å². The van der Waals surface area contributed by atoms with E-state index >= 15 is 0 Å². The Bertz CT molecular complexity index is 2760. The highest BCUT2D eigenvalue weighted by Crippen LogP contribution is 2.44. The summed E-state index contributed by atoms with van der Waals surface area (Å²) in [5, 5.41) is 6.87. The standard InChI is InChI=1S/C42H25NO2/c1-2-11-26(12-3-1)27-23-24-36-34(25-27)28-13-4-6-19-35(28)43(36)37-20-10-22-39-40(37)33-18-9-17-32(42(33)45-39)31-16-8-15-30-29-14-5-7-21-38(29)44-41(30)31/h1-25H. The highest BCUT2D eigenvalue weighted by molar-refractivity contribution is 6.18. The molecule has 7 aromatic carbocycles. The molecule has 0 aliphatic rings. The minimum Gasteiger partial charge on any atom is -0.455 e. The predicted molar refractivity (Wildman–Crippen MR) is 186 cm³/mol. The fourth-order valence-corrected chi connectivity index (χ4v) is 7.23. The Balaban J connectivity index is 1.25. The van der Waals surface area contributed by atoms with Gasteiger partial charge in [0.15, 0.2) is 0 Å². The molecule has 0 fully saturated rings. The molecule has 0 N–H and O–H groups in total. The number of aromatic nitrogens is 1. The first-order valence-electron chi connectivity index (χ1n) is 15.3. The normalized spacial score (nSPS) is 12.0. The van der Waals surface area contributed by atoms with E-state index in [-0.39, 0.29) is 0 Å². The molecule has 0 radical (unpaired) electrons. The van der Waals surface area contributed by atoms with Crippen molar-refractivity contribution in [2.75, 3.05) is 0 Å². The molecule has 10 rings (SSSR count). The van der Waals surface area contributed by atoms with Crippen molar-refractivity contribution in [1.29, 1.82) is 0 Å². The Morgan fingerprint density at radius 2 is 1.00 bits per heavy atom. The summed E-state index contributed by atoms with van der Waals surface area (Å²) in [6.07, 6.45) is 0. The van der Waals surface area contributed by atoms with Crippen LogP contribution >= 0.6 is 0 Å². The molecule has 45 heavy (non-hydrogen) atoms. The Labute approximate surface area is 258 Å². The fraction of sp³-hybridized carbons (Fsp3) is 0. The van der Waals surface area contributed by atoms with Crippen molar-refractivity contribution < 1.29 is 8.83 Å². The molecule has 210 valence electrons. The topological polar surface area (TPSA) is 31.2 Å². The maximum atomic E-state index is 6.75. The summed E-state index contributed by atoms with van der Waals surface area (Å²) in [5.74, 6) is 0. The van der Waals surface area contributed by atoms with E-state index in [0.29, 0.717) is 0 Å². The van der Waals surface area contributed by atoms with Crippen molar-refractivity contribution in [1.82, 2.24) is 4.57 Å². The Hall–Kier alpha value is -6.06. The van der Waals surface area contributed by atoms with E-state index in [4.69, 9.17) is 8.83 Å². The van der Waals surface area contributed by atoms with Gasteiger partial charge in [0, 0.05) is 38.1 Å². The van der Waals surface area contributed by atoms with E-state index < -0.39 is 0 Å². The van der Waals surface area contributed by atoms with Gasteiger partial charge in [0.05, 0.1) is 22.1 Å². The predicted octanol–water partition coefficient (Wildman–Crippen LogP) is 11.9. The van der Waals surface area contributed by atoms with Crippen LogP contribution in [0.5, 0.6) is 0 Å². The van der Waals surface area contributed by atoms with Crippen LogP contribution in [-0.4, -0.2) is 4.57 Å². The Kier molecular flexibility index (Phi) is 5.00. The van der Waals surface area contributed by atoms with Crippen LogP contribution in [0, 0.1) is 0 Å². The van der Waals surface area contributed by atoms with Crippen molar-refractivity contribution in [2.45, 2.75) is 0 Å². The molecule has 3 nitrogen and oxygen atoms in total. The van der Waals surface area contributed by atoms with Crippen molar-refractivity contribution in [3.8, 4) is 27.9 Å². The molecule has 0 bridgehead atoms. The SMILES string of the molecule is c1ccc(-c2ccc3c(c2)c2ccccc2n3-c2cccc3oc4c(-c5cccc6c5oc5ccccc56)cccc4c23)cc1. The lowest BCUT2D eigenvalue weighted by Gasteiger charge is -2.10. The zero-order valence-electron chi connectivity index (χ0n) is 24.2. The molecule has 0 aliphatic heterocycles. The van der Waals surface area contributed by atoms with Crippen LogP contribution < -0.4 is 0 Å². The minimum absolute atomic E-state index is 0.860. The average molecular weight is 576 g/mol. The van der Waals surface area contributed by atoms with E-state index in [1.54, 1.807) is 0 Å². The van der Waals surface area contributed by atoms with Crippen LogP contribution in [0.2, 0.25) is 0 Å². The molecule has 0 saturated heterocycles. The third-order valence-electron chi connectivity index (χ3n) is 9.22. The second-order valence-corrected chi connectivity index (χ2v) is 11.7. The minimum atomic E-state index is 0.860. The maximum absolute atomic E-state index is 6.75. The highest BCUT2D eigenvalue weighted by atomic mass is 16.3. The molecule has 0 unspecified atom stereocenters. The van der Waals surface area contributed by atoms with Crippen LogP contribution in [0.25, 0.3) is 93.6 Å². The van der Waals surface area contributed by atoms with Crippen molar-refractivity contribution >= 4 is 65.7 Å². The monoisotopic (exact) mass is 575 g/mol. The summed E-state index contributed by atoms with van der Waals surface area (Å²) in [5.41, 5.74) is 11.4. The second-order valence-electron chi connectivity index (χ2n) is 11.7. The number of hydrogen-bond acceptors (Lipinski definition) is 2. The molecule has 0 aliphatic carbocycles. The molecular weight excluding hydrogens is 550 g/mol. The van der Waals surface area contributed by atoms with E-state index in [1.165, 1.54) is 32.9 Å². The van der Waals surface area contributed by atoms with Gasteiger partial charge < -0.3 is 13.4 Å². The number of fused-ring (bicyclic) bond motifs is 9. The third kappa shape index (κ3) is 3.46. The molecule has 10 aromatic rings. The van der Waals surface area contributed by atoms with Gasteiger partial charge >= 0.3 is 0 Å². The van der Waals surface area contributed by atoms with E-state index in [1.807, 2.05) is 12.1 Å². The molecule has 0 spiro atoms. The van der Waals surface area contributed by atoms with Crippen LogP contribution in [0.1, 0.15) is 0 Å². The zero-order valence-corrected chi connectivity index (χ0v) is 24.2. The summed E-state index contributed by atoms with van der Waals surface area (Å²) in [4.78, 5) is 0. The first-order chi connectivity index (χ1) is 22.3. The van der Waals surface area contributed by atoms with E-state index in [9.17, 15) is 0 Å². The fourth-order valence-electron chi connectivity index (χ4n) is 7.23. The molecule has 0 saturated carbocycles. The van der Waals surface area contributed by atoms with E-state index in [0.717, 1.165) is 60.7 Å². The summed E-state index contributed by atoms with van der Waals surface area (Å²) >= 11 is 0. The maximum Gasteiger partial charge on any atom is 0.143 e. The van der Waals surface area contributed by atoms with Gasteiger partial charge in [-0.15, -0.1) is 0 Å². The highest BCUT2D eigenvalue weighted by Gasteiger charge is 2.21. The lowest BCUT2D eigenvalue weighted by molar-refractivity contribution is 0.665. The number of furan rings is 2. The first-order valence-corrected chi connectivity index (χ1v) is 15.3. The number of benzene rings is 7. The summed E-state index contributed by atoms with van der Waals surface area (Å²) in [7, 11) is 0. The van der Waals surface area contributed by atoms with Crippen molar-refractivity contribution in [2.24, 2.45) is 0 Å². The third-order valence-corrected chi connectivity index (χ3v) is 9.22. The number of para-hydroxylation sites is 4. The summed E-state index contributed by atoms with van der Waals surface area (Å²) < 4.78 is 15.6.